The van der Waals surface area contributed by atoms with Gasteiger partial charge in [0.1, 0.15) is 6.10 Å². The number of aryl methyl sites for hydroxylation is 1. The third kappa shape index (κ3) is 2.08. The maximum atomic E-state index is 10.8. The van der Waals surface area contributed by atoms with Crippen molar-refractivity contribution in [3.63, 3.8) is 0 Å². The van der Waals surface area contributed by atoms with E-state index in [2.05, 4.69) is 29.2 Å². The molecule has 1 fully saturated rings. The summed E-state index contributed by atoms with van der Waals surface area (Å²) in [6, 6.07) is 9.12. The van der Waals surface area contributed by atoms with E-state index in [0.717, 1.165) is 25.9 Å². The van der Waals surface area contributed by atoms with Gasteiger partial charge in [-0.3, -0.25) is 4.90 Å². The first-order valence-electron chi connectivity index (χ1n) is 6.52. The van der Waals surface area contributed by atoms with E-state index in [1.54, 1.807) is 0 Å². The minimum Gasteiger partial charge on any atom is -0.445 e. The van der Waals surface area contributed by atoms with Crippen LogP contribution in [0.25, 0.3) is 0 Å². The Balaban J connectivity index is 1.69. The Kier molecular flexibility index (Phi) is 2.96. The summed E-state index contributed by atoms with van der Waals surface area (Å²) in [6.45, 7) is 1.79. The van der Waals surface area contributed by atoms with Gasteiger partial charge in [0.2, 0.25) is 0 Å². The molecule has 0 radical (unpaired) electrons. The van der Waals surface area contributed by atoms with Gasteiger partial charge < -0.3 is 10.5 Å². The molecule has 1 heterocycles. The molecule has 1 aromatic carbocycles. The number of carbonyl (C=O) groups is 1. The van der Waals surface area contributed by atoms with E-state index in [1.807, 2.05) is 0 Å². The lowest BCUT2D eigenvalue weighted by Crippen LogP contribution is -2.29. The third-order valence-corrected chi connectivity index (χ3v) is 4.00. The molecule has 1 aliphatic heterocycles. The van der Waals surface area contributed by atoms with Crippen LogP contribution >= 0.6 is 0 Å². The first-order chi connectivity index (χ1) is 8.74. The Labute approximate surface area is 107 Å². The molecule has 4 heteroatoms. The van der Waals surface area contributed by atoms with Gasteiger partial charge >= 0.3 is 6.09 Å². The van der Waals surface area contributed by atoms with Crippen LogP contribution in [0.1, 0.15) is 30.0 Å². The second-order valence-electron chi connectivity index (χ2n) is 5.10. The second kappa shape index (κ2) is 4.61. The maximum Gasteiger partial charge on any atom is 0.404 e. The summed E-state index contributed by atoms with van der Waals surface area (Å²) in [5.74, 6) is 0. The molecule has 4 nitrogen and oxygen atoms in total. The molecule has 1 aromatic rings. The van der Waals surface area contributed by atoms with Crippen molar-refractivity contribution in [1.29, 1.82) is 0 Å². The molecule has 0 bridgehead atoms. The van der Waals surface area contributed by atoms with Gasteiger partial charge in [0.15, 0.2) is 0 Å². The number of rotatable bonds is 2. The summed E-state index contributed by atoms with van der Waals surface area (Å²) < 4.78 is 5.09. The van der Waals surface area contributed by atoms with Crippen LogP contribution in [0.5, 0.6) is 0 Å². The summed E-state index contributed by atoms with van der Waals surface area (Å²) in [5.41, 5.74) is 7.97. The minimum atomic E-state index is -0.659. The van der Waals surface area contributed by atoms with Gasteiger partial charge in [-0.1, -0.05) is 24.3 Å². The van der Waals surface area contributed by atoms with E-state index < -0.39 is 6.09 Å². The van der Waals surface area contributed by atoms with Crippen LogP contribution in [-0.4, -0.2) is 30.2 Å². The van der Waals surface area contributed by atoms with Crippen molar-refractivity contribution in [2.24, 2.45) is 5.73 Å². The second-order valence-corrected chi connectivity index (χ2v) is 5.10. The van der Waals surface area contributed by atoms with Crippen molar-refractivity contribution in [2.75, 3.05) is 13.1 Å². The summed E-state index contributed by atoms with van der Waals surface area (Å²) in [6.07, 6.45) is 2.52. The van der Waals surface area contributed by atoms with Crippen molar-refractivity contribution in [2.45, 2.75) is 31.4 Å². The number of fused-ring (bicyclic) bond motifs is 1. The van der Waals surface area contributed by atoms with Crippen LogP contribution in [0.3, 0.4) is 0 Å². The number of hydrogen-bond acceptors (Lipinski definition) is 3. The number of carbonyl (C=O) groups excluding carboxylic acids is 1. The molecule has 1 saturated heterocycles. The third-order valence-electron chi connectivity index (χ3n) is 4.00. The Bertz CT molecular complexity index is 461. The lowest BCUT2D eigenvalue weighted by molar-refractivity contribution is 0.104. The molecule has 1 aliphatic carbocycles. The summed E-state index contributed by atoms with van der Waals surface area (Å²) in [4.78, 5) is 13.2. The number of amides is 1. The Morgan fingerprint density at radius 1 is 1.33 bits per heavy atom. The first kappa shape index (κ1) is 11.5. The van der Waals surface area contributed by atoms with Gasteiger partial charge in [0, 0.05) is 19.1 Å². The van der Waals surface area contributed by atoms with Gasteiger partial charge in [-0.05, 0) is 30.4 Å². The summed E-state index contributed by atoms with van der Waals surface area (Å²) >= 11 is 0. The van der Waals surface area contributed by atoms with E-state index in [1.165, 1.54) is 17.5 Å². The zero-order chi connectivity index (χ0) is 12.5. The maximum absolute atomic E-state index is 10.8. The highest BCUT2D eigenvalue weighted by atomic mass is 16.6. The number of benzene rings is 1. The van der Waals surface area contributed by atoms with E-state index >= 15 is 0 Å². The van der Waals surface area contributed by atoms with Gasteiger partial charge in [0.05, 0.1) is 0 Å². The number of primary amides is 1. The zero-order valence-corrected chi connectivity index (χ0v) is 10.3. The monoisotopic (exact) mass is 246 g/mol. The predicted octanol–water partition coefficient (Wildman–Crippen LogP) is 1.84. The molecule has 96 valence electrons. The minimum absolute atomic E-state index is 0.0322. The van der Waals surface area contributed by atoms with Crippen molar-refractivity contribution in [1.82, 2.24) is 4.90 Å². The molecular weight excluding hydrogens is 228 g/mol. The molecule has 2 N–H and O–H groups in total. The highest BCUT2D eigenvalue weighted by molar-refractivity contribution is 5.64. The molecule has 0 spiro atoms. The molecule has 3 rings (SSSR count). The van der Waals surface area contributed by atoms with Gasteiger partial charge in [-0.25, -0.2) is 4.79 Å². The molecule has 2 aliphatic rings. The SMILES string of the molecule is NC(=O)OC1CCN([C@H]2CCc3ccccc32)C1. The van der Waals surface area contributed by atoms with Crippen molar-refractivity contribution < 1.29 is 9.53 Å². The van der Waals surface area contributed by atoms with Crippen molar-refractivity contribution >= 4 is 6.09 Å². The highest BCUT2D eigenvalue weighted by Crippen LogP contribution is 2.37. The predicted molar refractivity (Wildman–Crippen MR) is 68.2 cm³/mol. The van der Waals surface area contributed by atoms with Gasteiger partial charge in [0.25, 0.3) is 0 Å². The standard InChI is InChI=1S/C14H18N2O2/c15-14(17)18-11-7-8-16(9-11)13-6-5-10-3-1-2-4-12(10)13/h1-4,11,13H,5-9H2,(H2,15,17)/t11?,13-/m0/s1. The van der Waals surface area contributed by atoms with E-state index in [9.17, 15) is 4.79 Å². The normalized spacial score (nSPS) is 27.1. The van der Waals surface area contributed by atoms with Crippen molar-refractivity contribution in [3.05, 3.63) is 35.4 Å². The molecule has 2 atom stereocenters. The number of hydrogen-bond donors (Lipinski definition) is 1. The van der Waals surface area contributed by atoms with Crippen LogP contribution in [0, 0.1) is 0 Å². The topological polar surface area (TPSA) is 55.6 Å². The van der Waals surface area contributed by atoms with E-state index in [-0.39, 0.29) is 6.10 Å². The largest absolute Gasteiger partial charge is 0.445 e. The average molecular weight is 246 g/mol. The lowest BCUT2D eigenvalue weighted by Gasteiger charge is -2.24. The van der Waals surface area contributed by atoms with Crippen LogP contribution < -0.4 is 5.73 Å². The smallest absolute Gasteiger partial charge is 0.404 e. The van der Waals surface area contributed by atoms with Crippen molar-refractivity contribution in [3.8, 4) is 0 Å². The van der Waals surface area contributed by atoms with Crippen LogP contribution in [0.2, 0.25) is 0 Å². The first-order valence-corrected chi connectivity index (χ1v) is 6.52. The quantitative estimate of drug-likeness (QED) is 0.866. The number of nitrogens with two attached hydrogens (primary N) is 1. The number of ether oxygens (including phenoxy) is 1. The Morgan fingerprint density at radius 2 is 2.17 bits per heavy atom. The molecule has 1 amide bonds. The molecule has 1 unspecified atom stereocenters. The molecule has 18 heavy (non-hydrogen) atoms. The Hall–Kier alpha value is -1.55. The average Bonchev–Trinajstić information content (AvgIpc) is 2.94. The zero-order valence-electron chi connectivity index (χ0n) is 10.3. The fourth-order valence-electron chi connectivity index (χ4n) is 3.21. The van der Waals surface area contributed by atoms with E-state index in [4.69, 9.17) is 10.5 Å². The molecule has 0 aromatic heterocycles. The fourth-order valence-corrected chi connectivity index (χ4v) is 3.21. The highest BCUT2D eigenvalue weighted by Gasteiger charge is 2.33. The lowest BCUT2D eigenvalue weighted by atomic mass is 10.1. The molecular formula is C14H18N2O2. The Morgan fingerprint density at radius 3 is 3.00 bits per heavy atom. The van der Waals surface area contributed by atoms with Crippen LogP contribution in [-0.2, 0) is 11.2 Å². The summed E-state index contributed by atoms with van der Waals surface area (Å²) in [7, 11) is 0. The van der Waals surface area contributed by atoms with Gasteiger partial charge in [-0.2, -0.15) is 0 Å². The van der Waals surface area contributed by atoms with Crippen LogP contribution in [0.15, 0.2) is 24.3 Å². The number of nitrogens with zero attached hydrogens (tertiary/aromatic N) is 1. The summed E-state index contributed by atoms with van der Waals surface area (Å²) in [5, 5.41) is 0. The molecule has 0 saturated carbocycles. The fraction of sp³-hybridized carbons (Fsp3) is 0.500. The number of likely N-dealkylation sites (tertiary alicyclic amines) is 1. The van der Waals surface area contributed by atoms with Gasteiger partial charge in [-0.15, -0.1) is 0 Å². The van der Waals surface area contributed by atoms with E-state index in [0.29, 0.717) is 6.04 Å². The van der Waals surface area contributed by atoms with Crippen LogP contribution in [0.4, 0.5) is 4.79 Å².